The quantitative estimate of drug-likeness (QED) is 0.177. The van der Waals surface area contributed by atoms with Gasteiger partial charge in [0.05, 0.1) is 22.8 Å². The van der Waals surface area contributed by atoms with Crippen LogP contribution in [0, 0.1) is 0 Å². The highest BCUT2D eigenvalue weighted by Gasteiger charge is 2.24. The fourth-order valence-corrected chi connectivity index (χ4v) is 7.27. The van der Waals surface area contributed by atoms with Crippen molar-refractivity contribution in [2.24, 2.45) is 16.5 Å². The van der Waals surface area contributed by atoms with Crippen molar-refractivity contribution in [2.45, 2.75) is 12.3 Å². The fraction of sp³-hybridized carbons (Fsp3) is 0.0444. The van der Waals surface area contributed by atoms with Gasteiger partial charge < -0.3 is 15.0 Å². The summed E-state index contributed by atoms with van der Waals surface area (Å²) in [4.78, 5) is 5.27. The Morgan fingerprint density at radius 3 is 2.16 bits per heavy atom. The van der Waals surface area contributed by atoms with Crippen LogP contribution in [0.15, 0.2) is 163 Å². The SMILES string of the molecule is NC(N=C(c1ccccc1)[C@H](N)c1ccc(-c2cccc3ccccc23)cc1)n1c2ccccc2c2ccc3c(c21)C=Cc1ccccc1O3. The Labute approximate surface area is 290 Å². The molecule has 2 heterocycles. The Balaban J connectivity index is 1.17. The van der Waals surface area contributed by atoms with Crippen molar-refractivity contribution in [3.63, 3.8) is 0 Å². The molecule has 2 atom stereocenters. The predicted molar refractivity (Wildman–Crippen MR) is 207 cm³/mol. The number of fused-ring (bicyclic) bond motifs is 7. The maximum atomic E-state index is 7.19. The maximum Gasteiger partial charge on any atom is 0.178 e. The molecule has 0 bridgehead atoms. The minimum absolute atomic E-state index is 0.520. The molecule has 9 rings (SSSR count). The molecule has 0 saturated carbocycles. The minimum atomic E-state index is -0.779. The highest BCUT2D eigenvalue weighted by molar-refractivity contribution is 6.12. The number of hydrogen-bond donors (Lipinski definition) is 2. The van der Waals surface area contributed by atoms with Gasteiger partial charge in [-0.3, -0.25) is 5.73 Å². The van der Waals surface area contributed by atoms with E-state index in [-0.39, 0.29) is 0 Å². The lowest BCUT2D eigenvalue weighted by atomic mass is 9.93. The Hall–Kier alpha value is -6.27. The molecule has 5 nitrogen and oxygen atoms in total. The van der Waals surface area contributed by atoms with E-state index in [9.17, 15) is 0 Å². The van der Waals surface area contributed by atoms with Gasteiger partial charge in [0.1, 0.15) is 11.5 Å². The van der Waals surface area contributed by atoms with Gasteiger partial charge in [-0.15, -0.1) is 0 Å². The van der Waals surface area contributed by atoms with Crippen molar-refractivity contribution in [1.29, 1.82) is 0 Å². The summed E-state index contributed by atoms with van der Waals surface area (Å²) in [7, 11) is 0. The molecule has 240 valence electrons. The monoisotopic (exact) mass is 646 g/mol. The summed E-state index contributed by atoms with van der Waals surface area (Å²) >= 11 is 0. The molecule has 8 aromatic rings. The fourth-order valence-electron chi connectivity index (χ4n) is 7.27. The summed E-state index contributed by atoms with van der Waals surface area (Å²) in [6.45, 7) is 0. The molecule has 7 aromatic carbocycles. The number of aromatic nitrogens is 1. The number of rotatable bonds is 6. The summed E-state index contributed by atoms with van der Waals surface area (Å²) in [5, 5.41) is 4.61. The number of ether oxygens (including phenoxy) is 1. The molecule has 0 aliphatic carbocycles. The second kappa shape index (κ2) is 12.3. The zero-order valence-corrected chi connectivity index (χ0v) is 27.3. The van der Waals surface area contributed by atoms with Crippen LogP contribution in [0.2, 0.25) is 0 Å². The molecule has 1 unspecified atom stereocenters. The maximum absolute atomic E-state index is 7.19. The normalized spacial score (nSPS) is 13.8. The van der Waals surface area contributed by atoms with E-state index in [1.165, 1.54) is 16.3 Å². The van der Waals surface area contributed by atoms with E-state index in [0.29, 0.717) is 5.71 Å². The van der Waals surface area contributed by atoms with E-state index in [1.807, 2.05) is 60.7 Å². The van der Waals surface area contributed by atoms with Crippen LogP contribution < -0.4 is 16.2 Å². The van der Waals surface area contributed by atoms with Crippen LogP contribution in [-0.4, -0.2) is 10.3 Å². The lowest BCUT2D eigenvalue weighted by Gasteiger charge is -2.21. The third kappa shape index (κ3) is 5.08. The van der Waals surface area contributed by atoms with Gasteiger partial charge in [0.25, 0.3) is 0 Å². The second-order valence-corrected chi connectivity index (χ2v) is 12.7. The zero-order valence-electron chi connectivity index (χ0n) is 27.3. The molecule has 0 saturated heterocycles. The first-order chi connectivity index (χ1) is 24.6. The predicted octanol–water partition coefficient (Wildman–Crippen LogP) is 10.5. The highest BCUT2D eigenvalue weighted by atomic mass is 16.5. The van der Waals surface area contributed by atoms with E-state index in [2.05, 4.69) is 114 Å². The Morgan fingerprint density at radius 1 is 0.580 bits per heavy atom. The van der Waals surface area contributed by atoms with Crippen LogP contribution in [0.25, 0.3) is 55.9 Å². The van der Waals surface area contributed by atoms with Crippen molar-refractivity contribution >= 4 is 50.4 Å². The van der Waals surface area contributed by atoms with Gasteiger partial charge in [0.2, 0.25) is 0 Å². The molecule has 0 radical (unpaired) electrons. The van der Waals surface area contributed by atoms with Crippen LogP contribution in [-0.2, 0) is 0 Å². The van der Waals surface area contributed by atoms with Gasteiger partial charge >= 0.3 is 0 Å². The molecule has 0 amide bonds. The molecule has 5 heteroatoms. The van der Waals surface area contributed by atoms with Crippen molar-refractivity contribution < 1.29 is 4.74 Å². The first-order valence-corrected chi connectivity index (χ1v) is 16.9. The van der Waals surface area contributed by atoms with Crippen molar-refractivity contribution in [1.82, 2.24) is 4.57 Å². The van der Waals surface area contributed by atoms with Gasteiger partial charge in [0.15, 0.2) is 6.29 Å². The number of nitrogens with zero attached hydrogens (tertiary/aromatic N) is 2. The van der Waals surface area contributed by atoms with Crippen molar-refractivity contribution in [3.05, 3.63) is 180 Å². The van der Waals surface area contributed by atoms with E-state index in [4.69, 9.17) is 21.2 Å². The zero-order chi connectivity index (χ0) is 33.6. The first-order valence-electron chi connectivity index (χ1n) is 16.9. The second-order valence-electron chi connectivity index (χ2n) is 12.7. The van der Waals surface area contributed by atoms with Crippen LogP contribution in [0.4, 0.5) is 0 Å². The summed E-state index contributed by atoms with van der Waals surface area (Å²) < 4.78 is 8.60. The Morgan fingerprint density at radius 2 is 1.30 bits per heavy atom. The average molecular weight is 647 g/mol. The molecule has 1 aromatic heterocycles. The third-order valence-electron chi connectivity index (χ3n) is 9.71. The molecule has 0 fully saturated rings. The van der Waals surface area contributed by atoms with Crippen molar-refractivity contribution in [3.8, 4) is 22.6 Å². The lowest BCUT2D eigenvalue weighted by Crippen LogP contribution is -2.26. The van der Waals surface area contributed by atoms with E-state index < -0.39 is 12.3 Å². The molecule has 1 aliphatic heterocycles. The highest BCUT2D eigenvalue weighted by Crippen LogP contribution is 2.42. The minimum Gasteiger partial charge on any atom is -0.456 e. The molecule has 4 N–H and O–H groups in total. The summed E-state index contributed by atoms with van der Waals surface area (Å²) in [6.07, 6.45) is 3.44. The number of aliphatic imine (C=N–C) groups is 1. The molecule has 50 heavy (non-hydrogen) atoms. The van der Waals surface area contributed by atoms with E-state index >= 15 is 0 Å². The Kier molecular flexibility index (Phi) is 7.35. The van der Waals surface area contributed by atoms with Gasteiger partial charge in [-0.25, -0.2) is 4.99 Å². The van der Waals surface area contributed by atoms with Gasteiger partial charge in [-0.2, -0.15) is 0 Å². The van der Waals surface area contributed by atoms with E-state index in [1.54, 1.807) is 0 Å². The Bertz CT molecular complexity index is 2590. The molecule has 1 aliphatic rings. The first kappa shape index (κ1) is 29.8. The summed E-state index contributed by atoms with van der Waals surface area (Å²) in [6, 6.07) is 53.5. The number of hydrogen-bond acceptors (Lipinski definition) is 4. The number of nitrogens with two attached hydrogens (primary N) is 2. The third-order valence-corrected chi connectivity index (χ3v) is 9.71. The average Bonchev–Trinajstić information content (AvgIpc) is 3.39. The van der Waals surface area contributed by atoms with Gasteiger partial charge in [0, 0.05) is 21.9 Å². The molecular formula is C45H34N4O. The smallest absolute Gasteiger partial charge is 0.178 e. The van der Waals surface area contributed by atoms with Gasteiger partial charge in [-0.05, 0) is 63.4 Å². The molecule has 0 spiro atoms. The van der Waals surface area contributed by atoms with Gasteiger partial charge in [-0.1, -0.05) is 140 Å². The van der Waals surface area contributed by atoms with Crippen molar-refractivity contribution in [2.75, 3.05) is 0 Å². The molecular weight excluding hydrogens is 613 g/mol. The summed E-state index contributed by atoms with van der Waals surface area (Å²) in [5.74, 6) is 1.58. The summed E-state index contributed by atoms with van der Waals surface area (Å²) in [5.41, 5.74) is 23.2. The number of benzene rings is 7. The number of para-hydroxylation sites is 2. The lowest BCUT2D eigenvalue weighted by molar-refractivity contribution is 0.481. The topological polar surface area (TPSA) is 78.6 Å². The van der Waals surface area contributed by atoms with E-state index in [0.717, 1.165) is 61.1 Å². The van der Waals surface area contributed by atoms with Crippen LogP contribution >= 0.6 is 0 Å². The van der Waals surface area contributed by atoms with Crippen LogP contribution in [0.3, 0.4) is 0 Å². The van der Waals surface area contributed by atoms with Crippen LogP contribution in [0.5, 0.6) is 11.5 Å². The largest absolute Gasteiger partial charge is 0.456 e. The standard InChI is InChI=1S/C45H34N4O/c46-42(32-23-21-30(22-24-32)35-18-10-15-29-11-4-6-16-34(29)35)43(33-13-2-1-3-14-33)48-45(47)49-39-19-8-7-17-36(39)37-27-28-41-38(44(37)49)26-25-31-12-5-9-20-40(31)50-41/h1-28,42,45H,46-47H2/t42-,45?/m1/s1. The van der Waals surface area contributed by atoms with Crippen LogP contribution in [0.1, 0.15) is 34.6 Å².